The minimum Gasteiger partial charge on any atom is -0.391 e. The van der Waals surface area contributed by atoms with Crippen molar-refractivity contribution in [3.05, 3.63) is 0 Å². The Balaban J connectivity index is 2.56. The van der Waals surface area contributed by atoms with E-state index < -0.39 is 6.10 Å². The topological polar surface area (TPSA) is 84.1 Å². The minimum absolute atomic E-state index is 0.00681. The first kappa shape index (κ1) is 10.2. The largest absolute Gasteiger partial charge is 0.391 e. The molecule has 0 aliphatic heterocycles. The number of nitrogens with zero attached hydrogens (tertiary/aromatic N) is 2. The van der Waals surface area contributed by atoms with Gasteiger partial charge >= 0.3 is 0 Å². The summed E-state index contributed by atoms with van der Waals surface area (Å²) in [6.45, 7) is 3.74. The Morgan fingerprint density at radius 3 is 2.77 bits per heavy atom. The Hall–Kier alpha value is -0.880. The summed E-state index contributed by atoms with van der Waals surface area (Å²) in [6, 6.07) is 0.00681. The van der Waals surface area contributed by atoms with Gasteiger partial charge in [0.25, 0.3) is 0 Å². The first-order valence-electron chi connectivity index (χ1n) is 4.17. The highest BCUT2D eigenvalue weighted by atomic mass is 32.1. The van der Waals surface area contributed by atoms with Crippen LogP contribution >= 0.6 is 11.5 Å². The molecule has 0 saturated heterocycles. The maximum atomic E-state index is 9.34. The number of hydrogen-bond acceptors (Lipinski definition) is 6. The van der Waals surface area contributed by atoms with Gasteiger partial charge in [0.05, 0.1) is 12.1 Å². The van der Waals surface area contributed by atoms with E-state index in [2.05, 4.69) is 14.7 Å². The number of aromatic nitrogens is 2. The molecule has 2 atom stereocenters. The van der Waals surface area contributed by atoms with Gasteiger partial charge in [0.2, 0.25) is 11.1 Å². The average Bonchev–Trinajstić information content (AvgIpc) is 2.46. The molecule has 1 heterocycles. The SMILES string of the molecule is CCC(Nc1nc(N)ns1)C(C)O. The highest BCUT2D eigenvalue weighted by molar-refractivity contribution is 7.09. The van der Waals surface area contributed by atoms with Crippen LogP contribution in [-0.2, 0) is 0 Å². The lowest BCUT2D eigenvalue weighted by atomic mass is 10.1. The second-order valence-electron chi connectivity index (χ2n) is 2.86. The minimum atomic E-state index is -0.407. The lowest BCUT2D eigenvalue weighted by Gasteiger charge is -2.18. The first-order chi connectivity index (χ1) is 6.13. The van der Waals surface area contributed by atoms with Crippen molar-refractivity contribution in [2.24, 2.45) is 0 Å². The number of aliphatic hydroxyl groups excluding tert-OH is 1. The summed E-state index contributed by atoms with van der Waals surface area (Å²) in [7, 11) is 0. The van der Waals surface area contributed by atoms with Crippen LogP contribution < -0.4 is 11.1 Å². The number of rotatable bonds is 4. The van der Waals surface area contributed by atoms with Crippen LogP contribution in [0.25, 0.3) is 0 Å². The number of anilines is 2. The van der Waals surface area contributed by atoms with Crippen molar-refractivity contribution in [1.29, 1.82) is 0 Å². The van der Waals surface area contributed by atoms with Gasteiger partial charge in [-0.25, -0.2) is 0 Å². The molecule has 0 amide bonds. The zero-order valence-electron chi connectivity index (χ0n) is 7.69. The van der Waals surface area contributed by atoms with E-state index in [4.69, 9.17) is 5.73 Å². The van der Waals surface area contributed by atoms with Crippen LogP contribution in [0.15, 0.2) is 0 Å². The molecule has 1 aromatic heterocycles. The van der Waals surface area contributed by atoms with Crippen LogP contribution in [0.2, 0.25) is 0 Å². The molecule has 1 aromatic rings. The zero-order valence-corrected chi connectivity index (χ0v) is 8.51. The van der Waals surface area contributed by atoms with Crippen molar-refractivity contribution in [2.45, 2.75) is 32.4 Å². The fraction of sp³-hybridized carbons (Fsp3) is 0.714. The molecule has 0 radical (unpaired) electrons. The lowest BCUT2D eigenvalue weighted by Crippen LogP contribution is -2.30. The van der Waals surface area contributed by atoms with E-state index in [1.54, 1.807) is 6.92 Å². The molecule has 2 unspecified atom stereocenters. The van der Waals surface area contributed by atoms with Gasteiger partial charge in [0, 0.05) is 11.5 Å². The maximum Gasteiger partial charge on any atom is 0.233 e. The standard InChI is InChI=1S/C7H14N4OS/c1-3-5(4(2)12)9-7-10-6(8)11-13-7/h4-5,12H,3H2,1-2H3,(H3,8,9,10,11). The van der Waals surface area contributed by atoms with Crippen LogP contribution in [0, 0.1) is 0 Å². The monoisotopic (exact) mass is 202 g/mol. The Morgan fingerprint density at radius 1 is 1.69 bits per heavy atom. The average molecular weight is 202 g/mol. The summed E-state index contributed by atoms with van der Waals surface area (Å²) in [6.07, 6.45) is 0.423. The third kappa shape index (κ3) is 2.82. The number of nitrogens with two attached hydrogens (primary N) is 1. The molecule has 0 spiro atoms. The maximum absolute atomic E-state index is 9.34. The molecule has 13 heavy (non-hydrogen) atoms. The van der Waals surface area contributed by atoms with E-state index in [9.17, 15) is 5.11 Å². The molecule has 5 nitrogen and oxygen atoms in total. The fourth-order valence-electron chi connectivity index (χ4n) is 1.02. The number of aliphatic hydroxyl groups is 1. The number of nitrogens with one attached hydrogen (secondary N) is 1. The smallest absolute Gasteiger partial charge is 0.233 e. The summed E-state index contributed by atoms with van der Waals surface area (Å²) >= 11 is 1.20. The Kier molecular flexibility index (Phi) is 3.44. The molecule has 0 saturated carbocycles. The van der Waals surface area contributed by atoms with Gasteiger partial charge < -0.3 is 16.2 Å². The van der Waals surface area contributed by atoms with Crippen LogP contribution in [0.5, 0.6) is 0 Å². The van der Waals surface area contributed by atoms with E-state index in [-0.39, 0.29) is 12.0 Å². The molecule has 0 bridgehead atoms. The van der Waals surface area contributed by atoms with Crippen LogP contribution in [-0.4, -0.2) is 26.6 Å². The van der Waals surface area contributed by atoms with Crippen LogP contribution in [0.4, 0.5) is 11.1 Å². The lowest BCUT2D eigenvalue weighted by molar-refractivity contribution is 0.169. The van der Waals surface area contributed by atoms with Crippen LogP contribution in [0.3, 0.4) is 0 Å². The Labute approximate surface area is 81.2 Å². The third-order valence-corrected chi connectivity index (χ3v) is 2.43. The van der Waals surface area contributed by atoms with E-state index in [1.807, 2.05) is 6.92 Å². The molecule has 0 aromatic carbocycles. The van der Waals surface area contributed by atoms with Crippen LogP contribution in [0.1, 0.15) is 20.3 Å². The molecular formula is C7H14N4OS. The van der Waals surface area contributed by atoms with Crippen molar-refractivity contribution in [3.63, 3.8) is 0 Å². The van der Waals surface area contributed by atoms with Gasteiger partial charge in [-0.1, -0.05) is 6.92 Å². The van der Waals surface area contributed by atoms with Gasteiger partial charge in [-0.15, -0.1) is 0 Å². The van der Waals surface area contributed by atoms with E-state index >= 15 is 0 Å². The van der Waals surface area contributed by atoms with Crippen molar-refractivity contribution in [3.8, 4) is 0 Å². The highest BCUT2D eigenvalue weighted by Gasteiger charge is 2.13. The predicted octanol–water partition coefficient (Wildman–Crippen LogP) is 0.692. The van der Waals surface area contributed by atoms with E-state index in [1.165, 1.54) is 11.5 Å². The molecule has 0 fully saturated rings. The van der Waals surface area contributed by atoms with Crippen molar-refractivity contribution >= 4 is 22.6 Å². The van der Waals surface area contributed by atoms with Gasteiger partial charge in [0.15, 0.2) is 0 Å². The van der Waals surface area contributed by atoms with Gasteiger partial charge in [-0.3, -0.25) is 0 Å². The third-order valence-electron chi connectivity index (χ3n) is 1.77. The summed E-state index contributed by atoms with van der Waals surface area (Å²) in [4.78, 5) is 3.94. The second-order valence-corrected chi connectivity index (χ2v) is 3.61. The Bertz CT molecular complexity index is 263. The zero-order chi connectivity index (χ0) is 9.84. The molecular weight excluding hydrogens is 188 g/mol. The van der Waals surface area contributed by atoms with Gasteiger partial charge in [0.1, 0.15) is 0 Å². The highest BCUT2D eigenvalue weighted by Crippen LogP contribution is 2.15. The van der Waals surface area contributed by atoms with Crippen molar-refractivity contribution < 1.29 is 5.11 Å². The molecule has 1 rings (SSSR count). The summed E-state index contributed by atoms with van der Waals surface area (Å²) in [5.74, 6) is 0.271. The van der Waals surface area contributed by atoms with Gasteiger partial charge in [-0.2, -0.15) is 9.36 Å². The van der Waals surface area contributed by atoms with Gasteiger partial charge in [-0.05, 0) is 13.3 Å². The number of nitrogen functional groups attached to an aromatic ring is 1. The van der Waals surface area contributed by atoms with E-state index in [0.29, 0.717) is 5.13 Å². The van der Waals surface area contributed by atoms with Crippen molar-refractivity contribution in [1.82, 2.24) is 9.36 Å². The quantitative estimate of drug-likeness (QED) is 0.669. The molecule has 0 aliphatic rings. The molecule has 4 N–H and O–H groups in total. The molecule has 0 aliphatic carbocycles. The summed E-state index contributed by atoms with van der Waals surface area (Å²) in [5.41, 5.74) is 5.36. The predicted molar refractivity (Wildman–Crippen MR) is 53.7 cm³/mol. The molecule has 74 valence electrons. The second kappa shape index (κ2) is 4.38. The first-order valence-corrected chi connectivity index (χ1v) is 4.94. The Morgan fingerprint density at radius 2 is 2.38 bits per heavy atom. The normalized spacial score (nSPS) is 15.3. The van der Waals surface area contributed by atoms with E-state index in [0.717, 1.165) is 6.42 Å². The molecule has 6 heteroatoms. The fourth-order valence-corrected chi connectivity index (χ4v) is 1.58. The van der Waals surface area contributed by atoms with Crippen molar-refractivity contribution in [2.75, 3.05) is 11.1 Å². The summed E-state index contributed by atoms with van der Waals surface area (Å²) < 4.78 is 3.83. The number of hydrogen-bond donors (Lipinski definition) is 3. The summed E-state index contributed by atoms with van der Waals surface area (Å²) in [5, 5.41) is 13.1.